The average Bonchev–Trinajstić information content (AvgIpc) is 2.44. The lowest BCUT2D eigenvalue weighted by atomic mass is 10.1. The monoisotopic (exact) mass is 303 g/mol. The van der Waals surface area contributed by atoms with Gasteiger partial charge < -0.3 is 20.1 Å². The summed E-state index contributed by atoms with van der Waals surface area (Å²) >= 11 is 0. The van der Waals surface area contributed by atoms with Crippen molar-refractivity contribution in [2.45, 2.75) is 26.4 Å². The molecule has 0 radical (unpaired) electrons. The average molecular weight is 303 g/mol. The molecule has 0 unspecified atom stereocenters. The third-order valence-electron chi connectivity index (χ3n) is 3.49. The minimum atomic E-state index is -0.500. The summed E-state index contributed by atoms with van der Waals surface area (Å²) in [6.45, 7) is 7.26. The SMILES string of the molecule is CC(C)(C)OC(=O)N1C=C2COc3cc(N)ccc3N2CC1. The Kier molecular flexibility index (Phi) is 3.39. The Hall–Kier alpha value is -2.37. The maximum Gasteiger partial charge on any atom is 0.414 e. The number of nitrogen functional groups attached to an aromatic ring is 1. The Morgan fingerprint density at radius 3 is 2.82 bits per heavy atom. The number of rotatable bonds is 0. The first kappa shape index (κ1) is 14.6. The minimum Gasteiger partial charge on any atom is -0.485 e. The quantitative estimate of drug-likeness (QED) is 0.746. The molecule has 6 nitrogen and oxygen atoms in total. The van der Waals surface area contributed by atoms with Crippen molar-refractivity contribution in [2.24, 2.45) is 0 Å². The van der Waals surface area contributed by atoms with E-state index in [4.69, 9.17) is 15.2 Å². The van der Waals surface area contributed by atoms with Gasteiger partial charge >= 0.3 is 6.09 Å². The van der Waals surface area contributed by atoms with Gasteiger partial charge in [0.15, 0.2) is 0 Å². The summed E-state index contributed by atoms with van der Waals surface area (Å²) in [5.41, 5.74) is 7.89. The Labute approximate surface area is 130 Å². The maximum absolute atomic E-state index is 12.2. The van der Waals surface area contributed by atoms with Gasteiger partial charge in [0, 0.05) is 31.0 Å². The van der Waals surface area contributed by atoms with Gasteiger partial charge in [-0.15, -0.1) is 0 Å². The summed E-state index contributed by atoms with van der Waals surface area (Å²) in [4.78, 5) is 15.9. The second kappa shape index (κ2) is 5.12. The fourth-order valence-electron chi connectivity index (χ4n) is 2.54. The molecule has 0 aliphatic carbocycles. The molecule has 1 amide bonds. The first-order valence-electron chi connectivity index (χ1n) is 7.34. The highest BCUT2D eigenvalue weighted by atomic mass is 16.6. The van der Waals surface area contributed by atoms with Gasteiger partial charge in [-0.3, -0.25) is 4.90 Å². The van der Waals surface area contributed by atoms with Crippen LogP contribution in [0.3, 0.4) is 0 Å². The normalized spacial score (nSPS) is 17.1. The number of fused-ring (bicyclic) bond motifs is 3. The number of nitrogens with zero attached hydrogens (tertiary/aromatic N) is 2. The zero-order chi connectivity index (χ0) is 15.9. The smallest absolute Gasteiger partial charge is 0.414 e. The Morgan fingerprint density at radius 2 is 2.09 bits per heavy atom. The summed E-state index contributed by atoms with van der Waals surface area (Å²) in [7, 11) is 0. The van der Waals surface area contributed by atoms with Crippen molar-refractivity contribution in [3.63, 3.8) is 0 Å². The second-order valence-electron chi connectivity index (χ2n) is 6.46. The number of carbonyl (C=O) groups excluding carboxylic acids is 1. The van der Waals surface area contributed by atoms with Gasteiger partial charge in [-0.05, 0) is 32.9 Å². The van der Waals surface area contributed by atoms with Crippen molar-refractivity contribution in [3.8, 4) is 5.75 Å². The molecule has 6 heteroatoms. The Morgan fingerprint density at radius 1 is 1.32 bits per heavy atom. The number of hydrogen-bond donors (Lipinski definition) is 1. The molecule has 0 aromatic heterocycles. The van der Waals surface area contributed by atoms with E-state index in [0.29, 0.717) is 25.4 Å². The van der Waals surface area contributed by atoms with E-state index in [2.05, 4.69) is 4.90 Å². The molecular weight excluding hydrogens is 282 g/mol. The number of nitrogens with two attached hydrogens (primary N) is 1. The van der Waals surface area contributed by atoms with Crippen LogP contribution in [0.4, 0.5) is 16.2 Å². The van der Waals surface area contributed by atoms with Crippen LogP contribution in [-0.4, -0.2) is 36.3 Å². The van der Waals surface area contributed by atoms with Crippen LogP contribution in [0.1, 0.15) is 20.8 Å². The van der Waals surface area contributed by atoms with E-state index < -0.39 is 5.60 Å². The van der Waals surface area contributed by atoms with Gasteiger partial charge in [-0.25, -0.2) is 4.79 Å². The lowest BCUT2D eigenvalue weighted by Crippen LogP contribution is -2.45. The zero-order valence-electron chi connectivity index (χ0n) is 13.1. The molecule has 118 valence electrons. The van der Waals surface area contributed by atoms with Crippen LogP contribution in [-0.2, 0) is 4.74 Å². The van der Waals surface area contributed by atoms with E-state index in [1.54, 1.807) is 11.1 Å². The molecule has 0 fully saturated rings. The molecule has 0 bridgehead atoms. The molecule has 0 atom stereocenters. The number of ether oxygens (including phenoxy) is 2. The standard InChI is InChI=1S/C16H21N3O3/c1-16(2,3)22-15(20)18-6-7-19-12(9-18)10-21-14-8-11(17)4-5-13(14)19/h4-5,8-9H,6-7,10,17H2,1-3H3. The van der Waals surface area contributed by atoms with Crippen LogP contribution in [0.2, 0.25) is 0 Å². The van der Waals surface area contributed by atoms with Crippen LogP contribution >= 0.6 is 0 Å². The highest BCUT2D eigenvalue weighted by molar-refractivity contribution is 5.73. The van der Waals surface area contributed by atoms with Gasteiger partial charge in [0.1, 0.15) is 18.0 Å². The Balaban J connectivity index is 1.81. The number of anilines is 2. The summed E-state index contributed by atoms with van der Waals surface area (Å²) < 4.78 is 11.1. The lowest BCUT2D eigenvalue weighted by molar-refractivity contribution is 0.0329. The highest BCUT2D eigenvalue weighted by Crippen LogP contribution is 2.37. The topological polar surface area (TPSA) is 68.0 Å². The summed E-state index contributed by atoms with van der Waals surface area (Å²) in [5.74, 6) is 0.780. The van der Waals surface area contributed by atoms with Gasteiger partial charge in [0.2, 0.25) is 0 Å². The first-order valence-corrected chi connectivity index (χ1v) is 7.34. The number of carbonyl (C=O) groups is 1. The molecule has 2 aliphatic rings. The summed E-state index contributed by atoms with van der Waals surface area (Å²) in [5, 5.41) is 0. The predicted octanol–water partition coefficient (Wildman–Crippen LogP) is 2.56. The second-order valence-corrected chi connectivity index (χ2v) is 6.46. The van der Waals surface area contributed by atoms with Crippen LogP contribution < -0.4 is 15.4 Å². The molecule has 2 N–H and O–H groups in total. The van der Waals surface area contributed by atoms with Crippen LogP contribution in [0.15, 0.2) is 30.1 Å². The van der Waals surface area contributed by atoms with Crippen molar-refractivity contribution in [2.75, 3.05) is 30.3 Å². The molecule has 3 rings (SSSR count). The van der Waals surface area contributed by atoms with Crippen molar-refractivity contribution in [1.82, 2.24) is 4.90 Å². The number of hydrogen-bond acceptors (Lipinski definition) is 5. The van der Waals surface area contributed by atoms with Crippen molar-refractivity contribution >= 4 is 17.5 Å². The van der Waals surface area contributed by atoms with E-state index in [1.807, 2.05) is 39.0 Å². The Bertz CT molecular complexity index is 634. The lowest BCUT2D eigenvalue weighted by Gasteiger charge is -2.39. The maximum atomic E-state index is 12.2. The van der Waals surface area contributed by atoms with Gasteiger partial charge in [-0.1, -0.05) is 0 Å². The molecule has 0 saturated heterocycles. The van der Waals surface area contributed by atoms with E-state index in [0.717, 1.165) is 17.1 Å². The molecular formula is C16H21N3O3. The fraction of sp³-hybridized carbons (Fsp3) is 0.438. The van der Waals surface area contributed by atoms with E-state index in [1.165, 1.54) is 0 Å². The summed E-state index contributed by atoms with van der Waals surface area (Å²) in [6, 6.07) is 5.62. The molecule has 1 aromatic rings. The summed E-state index contributed by atoms with van der Waals surface area (Å²) in [6.07, 6.45) is 1.47. The zero-order valence-corrected chi connectivity index (χ0v) is 13.1. The first-order chi connectivity index (χ1) is 10.3. The van der Waals surface area contributed by atoms with E-state index in [9.17, 15) is 4.79 Å². The van der Waals surface area contributed by atoms with Gasteiger partial charge in [-0.2, -0.15) is 0 Å². The third-order valence-corrected chi connectivity index (χ3v) is 3.49. The van der Waals surface area contributed by atoms with E-state index >= 15 is 0 Å². The van der Waals surface area contributed by atoms with Gasteiger partial charge in [0.25, 0.3) is 0 Å². The molecule has 22 heavy (non-hydrogen) atoms. The van der Waals surface area contributed by atoms with Crippen molar-refractivity contribution in [3.05, 3.63) is 30.1 Å². The van der Waals surface area contributed by atoms with E-state index in [-0.39, 0.29) is 6.09 Å². The van der Waals surface area contributed by atoms with Crippen LogP contribution in [0.5, 0.6) is 5.75 Å². The number of benzene rings is 1. The molecule has 1 aromatic carbocycles. The van der Waals surface area contributed by atoms with Crippen molar-refractivity contribution < 1.29 is 14.3 Å². The third kappa shape index (κ3) is 2.81. The predicted molar refractivity (Wildman–Crippen MR) is 84.7 cm³/mol. The highest BCUT2D eigenvalue weighted by Gasteiger charge is 2.30. The van der Waals surface area contributed by atoms with Gasteiger partial charge in [0.05, 0.1) is 11.4 Å². The van der Waals surface area contributed by atoms with Crippen LogP contribution in [0.25, 0.3) is 0 Å². The number of amides is 1. The molecule has 0 saturated carbocycles. The largest absolute Gasteiger partial charge is 0.485 e. The molecule has 2 heterocycles. The fourth-order valence-corrected chi connectivity index (χ4v) is 2.54. The minimum absolute atomic E-state index is 0.331. The molecule has 0 spiro atoms. The molecule has 2 aliphatic heterocycles. The van der Waals surface area contributed by atoms with Crippen molar-refractivity contribution in [1.29, 1.82) is 0 Å². The van der Waals surface area contributed by atoms with Crippen LogP contribution in [0, 0.1) is 0 Å².